The predicted molar refractivity (Wildman–Crippen MR) is 72.9 cm³/mol. The van der Waals surface area contributed by atoms with Gasteiger partial charge in [0, 0.05) is 6.08 Å². The van der Waals surface area contributed by atoms with Gasteiger partial charge in [-0.25, -0.2) is 0 Å². The molecule has 0 rings (SSSR count). The molecule has 96 valence electrons. The minimum atomic E-state index is -0.198. The Morgan fingerprint density at radius 3 is 1.71 bits per heavy atom. The number of hydrogen-bond donors (Lipinski definition) is 1. The number of ketones is 1. The molecule has 0 aromatic heterocycles. The maximum absolute atomic E-state index is 11.5. The van der Waals surface area contributed by atoms with Crippen LogP contribution in [0.2, 0.25) is 0 Å². The van der Waals surface area contributed by atoms with Gasteiger partial charge in [-0.2, -0.15) is 0 Å². The van der Waals surface area contributed by atoms with E-state index in [-0.39, 0.29) is 22.4 Å². The zero-order chi connectivity index (χ0) is 13.7. The SMILES string of the molecule is CC(C)(C)/C=C/C(=O)/C=C(O)/C=C/C(C)(C)C. The summed E-state index contributed by atoms with van der Waals surface area (Å²) in [6.45, 7) is 12.1. The van der Waals surface area contributed by atoms with Gasteiger partial charge in [-0.3, -0.25) is 4.79 Å². The summed E-state index contributed by atoms with van der Waals surface area (Å²) in [5.74, 6) is -0.209. The van der Waals surface area contributed by atoms with Crippen molar-refractivity contribution in [3.63, 3.8) is 0 Å². The predicted octanol–water partition coefficient (Wildman–Crippen LogP) is 4.20. The average Bonchev–Trinajstić information content (AvgIpc) is 2.09. The van der Waals surface area contributed by atoms with E-state index in [1.165, 1.54) is 12.2 Å². The lowest BCUT2D eigenvalue weighted by molar-refractivity contribution is -0.110. The van der Waals surface area contributed by atoms with Crippen molar-refractivity contribution in [1.29, 1.82) is 0 Å². The highest BCUT2D eigenvalue weighted by Gasteiger charge is 2.06. The summed E-state index contributed by atoms with van der Waals surface area (Å²) in [4.78, 5) is 11.5. The maximum atomic E-state index is 11.5. The molecule has 0 aromatic rings. The molecule has 0 bridgehead atoms. The summed E-state index contributed by atoms with van der Waals surface area (Å²) >= 11 is 0. The fourth-order valence-electron chi connectivity index (χ4n) is 0.909. The van der Waals surface area contributed by atoms with Crippen molar-refractivity contribution in [2.24, 2.45) is 10.8 Å². The Balaban J connectivity index is 4.56. The molecule has 0 aliphatic carbocycles. The summed E-state index contributed by atoms with van der Waals surface area (Å²) in [5.41, 5.74) is -0.0352. The summed E-state index contributed by atoms with van der Waals surface area (Å²) in [7, 11) is 0. The maximum Gasteiger partial charge on any atom is 0.182 e. The molecule has 0 aliphatic heterocycles. The number of carbonyl (C=O) groups excluding carboxylic acids is 1. The van der Waals surface area contributed by atoms with Crippen LogP contribution in [0.1, 0.15) is 41.5 Å². The van der Waals surface area contributed by atoms with Crippen LogP contribution in [0, 0.1) is 10.8 Å². The summed E-state index contributed by atoms with van der Waals surface area (Å²) in [6.07, 6.45) is 7.96. The molecule has 0 aromatic carbocycles. The minimum absolute atomic E-state index is 0.00782. The van der Waals surface area contributed by atoms with Crippen molar-refractivity contribution in [1.82, 2.24) is 0 Å². The van der Waals surface area contributed by atoms with Gasteiger partial charge in [0.1, 0.15) is 5.76 Å². The van der Waals surface area contributed by atoms with E-state index in [9.17, 15) is 9.90 Å². The highest BCUT2D eigenvalue weighted by molar-refractivity contribution is 5.99. The highest BCUT2D eigenvalue weighted by atomic mass is 16.3. The lowest BCUT2D eigenvalue weighted by Gasteiger charge is -2.10. The van der Waals surface area contributed by atoms with E-state index in [4.69, 9.17) is 0 Å². The number of aliphatic hydroxyl groups excluding tert-OH is 1. The molecule has 0 heterocycles. The van der Waals surface area contributed by atoms with Gasteiger partial charge in [-0.1, -0.05) is 53.7 Å². The zero-order valence-electron chi connectivity index (χ0n) is 11.7. The molecule has 0 unspecified atom stereocenters. The van der Waals surface area contributed by atoms with E-state index in [1.807, 2.05) is 53.7 Å². The van der Waals surface area contributed by atoms with E-state index in [1.54, 1.807) is 6.08 Å². The Labute approximate surface area is 105 Å². The second-order valence-corrected chi connectivity index (χ2v) is 6.37. The van der Waals surface area contributed by atoms with E-state index >= 15 is 0 Å². The lowest BCUT2D eigenvalue weighted by atomic mass is 9.95. The van der Waals surface area contributed by atoms with Crippen molar-refractivity contribution in [3.05, 3.63) is 36.1 Å². The van der Waals surface area contributed by atoms with E-state index in [2.05, 4.69) is 0 Å². The Hall–Kier alpha value is -1.31. The third-order valence-corrected chi connectivity index (χ3v) is 1.79. The van der Waals surface area contributed by atoms with Gasteiger partial charge in [0.2, 0.25) is 0 Å². The van der Waals surface area contributed by atoms with Crippen molar-refractivity contribution < 1.29 is 9.90 Å². The molecule has 0 atom stereocenters. The molecule has 0 amide bonds. The second kappa shape index (κ2) is 5.85. The van der Waals surface area contributed by atoms with Gasteiger partial charge in [-0.15, -0.1) is 0 Å². The first-order valence-corrected chi connectivity index (χ1v) is 5.83. The fraction of sp³-hybridized carbons (Fsp3) is 0.533. The van der Waals surface area contributed by atoms with Crippen LogP contribution in [0.15, 0.2) is 36.1 Å². The Morgan fingerprint density at radius 1 is 0.882 bits per heavy atom. The smallest absolute Gasteiger partial charge is 0.182 e. The topological polar surface area (TPSA) is 37.3 Å². The highest BCUT2D eigenvalue weighted by Crippen LogP contribution is 2.16. The van der Waals surface area contributed by atoms with Crippen LogP contribution in [-0.2, 0) is 4.79 Å². The molecule has 2 heteroatoms. The largest absolute Gasteiger partial charge is 0.508 e. The summed E-state index contributed by atoms with van der Waals surface area (Å²) < 4.78 is 0. The normalized spacial score (nSPS) is 14.8. The molecular formula is C15H24O2. The van der Waals surface area contributed by atoms with Gasteiger partial charge in [-0.05, 0) is 23.0 Å². The summed E-state index contributed by atoms with van der Waals surface area (Å²) in [5, 5.41) is 9.53. The fourth-order valence-corrected chi connectivity index (χ4v) is 0.909. The standard InChI is InChI=1S/C15H24O2/c1-14(2,3)9-7-12(16)11-13(17)8-10-15(4,5)6/h7-11,16H,1-6H3/b9-7+,10-8+,12-11-. The van der Waals surface area contributed by atoms with Gasteiger partial charge in [0.05, 0.1) is 0 Å². The number of carbonyl (C=O) groups is 1. The van der Waals surface area contributed by atoms with Crippen LogP contribution in [0.5, 0.6) is 0 Å². The van der Waals surface area contributed by atoms with Gasteiger partial charge in [0.15, 0.2) is 5.78 Å². The third kappa shape index (κ3) is 11.0. The molecule has 1 N–H and O–H groups in total. The molecule has 2 nitrogen and oxygen atoms in total. The Kier molecular flexibility index (Phi) is 5.40. The second-order valence-electron chi connectivity index (χ2n) is 6.37. The minimum Gasteiger partial charge on any atom is -0.508 e. The number of rotatable bonds is 3. The number of hydrogen-bond acceptors (Lipinski definition) is 2. The van der Waals surface area contributed by atoms with Gasteiger partial charge < -0.3 is 5.11 Å². The van der Waals surface area contributed by atoms with Crippen LogP contribution in [0.3, 0.4) is 0 Å². The van der Waals surface area contributed by atoms with Crippen LogP contribution in [-0.4, -0.2) is 10.9 Å². The van der Waals surface area contributed by atoms with Crippen LogP contribution >= 0.6 is 0 Å². The lowest BCUT2D eigenvalue weighted by Crippen LogP contribution is -2.01. The molecule has 0 spiro atoms. The first-order valence-electron chi connectivity index (χ1n) is 5.83. The number of aliphatic hydroxyl groups is 1. The van der Waals surface area contributed by atoms with Gasteiger partial charge >= 0.3 is 0 Å². The van der Waals surface area contributed by atoms with Gasteiger partial charge in [0.25, 0.3) is 0 Å². The average molecular weight is 236 g/mol. The van der Waals surface area contributed by atoms with Crippen molar-refractivity contribution in [2.45, 2.75) is 41.5 Å². The van der Waals surface area contributed by atoms with E-state index < -0.39 is 0 Å². The summed E-state index contributed by atoms with van der Waals surface area (Å²) in [6, 6.07) is 0. The quantitative estimate of drug-likeness (QED) is 0.453. The number of allylic oxidation sites excluding steroid dienone is 5. The first kappa shape index (κ1) is 15.7. The molecule has 0 fully saturated rings. The molecule has 17 heavy (non-hydrogen) atoms. The van der Waals surface area contributed by atoms with Crippen LogP contribution in [0.4, 0.5) is 0 Å². The third-order valence-electron chi connectivity index (χ3n) is 1.79. The molecular weight excluding hydrogens is 212 g/mol. The van der Waals surface area contributed by atoms with Crippen molar-refractivity contribution >= 4 is 5.78 Å². The first-order chi connectivity index (χ1) is 7.49. The van der Waals surface area contributed by atoms with Crippen LogP contribution in [0.25, 0.3) is 0 Å². The Morgan fingerprint density at radius 2 is 1.29 bits per heavy atom. The Bertz CT molecular complexity index is 344. The molecule has 0 saturated heterocycles. The molecule has 0 aliphatic rings. The monoisotopic (exact) mass is 236 g/mol. The van der Waals surface area contributed by atoms with Crippen LogP contribution < -0.4 is 0 Å². The van der Waals surface area contributed by atoms with Crippen molar-refractivity contribution in [3.8, 4) is 0 Å². The van der Waals surface area contributed by atoms with E-state index in [0.717, 1.165) is 0 Å². The zero-order valence-corrected chi connectivity index (χ0v) is 11.7. The van der Waals surface area contributed by atoms with E-state index in [0.29, 0.717) is 0 Å². The molecule has 0 saturated carbocycles. The van der Waals surface area contributed by atoms with Crippen molar-refractivity contribution in [2.75, 3.05) is 0 Å². The molecule has 0 radical (unpaired) electrons.